The highest BCUT2D eigenvalue weighted by Gasteiger charge is 2.52. The maximum atomic E-state index is 13.5. The van der Waals surface area contributed by atoms with Crippen LogP contribution in [0.2, 0.25) is 0 Å². The summed E-state index contributed by atoms with van der Waals surface area (Å²) in [6, 6.07) is 11.9. The molecule has 1 fully saturated rings. The van der Waals surface area contributed by atoms with Crippen LogP contribution in [0.1, 0.15) is 40.5 Å². The molecule has 0 unspecified atom stereocenters. The van der Waals surface area contributed by atoms with E-state index in [0.29, 0.717) is 18.4 Å². The molecule has 1 heterocycles. The van der Waals surface area contributed by atoms with Gasteiger partial charge < -0.3 is 0 Å². The van der Waals surface area contributed by atoms with E-state index in [1.54, 1.807) is 30.3 Å². The lowest BCUT2D eigenvalue weighted by atomic mass is 9.85. The second-order valence-corrected chi connectivity index (χ2v) is 8.00. The van der Waals surface area contributed by atoms with Gasteiger partial charge >= 0.3 is 0 Å². The summed E-state index contributed by atoms with van der Waals surface area (Å²) in [6.07, 6.45) is 4.42. The predicted octanol–water partition coefficient (Wildman–Crippen LogP) is 3.17. The van der Waals surface area contributed by atoms with Crippen LogP contribution in [-0.2, 0) is 9.59 Å². The Morgan fingerprint density at radius 2 is 1.48 bits per heavy atom. The number of non-ortho nitro benzene ring substituents is 1. The van der Waals surface area contributed by atoms with E-state index in [9.17, 15) is 29.3 Å². The second kappa shape index (κ2) is 8.78. The molecule has 4 rings (SSSR count). The Morgan fingerprint density at radius 3 is 2.00 bits per heavy atom. The monoisotopic (exact) mass is 447 g/mol. The molecule has 9 nitrogen and oxygen atoms in total. The minimum atomic E-state index is -1.17. The Bertz CT molecular complexity index is 1130. The Morgan fingerprint density at radius 1 is 0.939 bits per heavy atom. The SMILES string of the molecule is C[C@H](C(=O)c1ccccc1)N(C(=O)c1ccc([N+](=O)[O-])cc1)N1C(=O)[C@@H]2CC=CC[C@H]2C1=O. The average molecular weight is 447 g/mol. The third-order valence-corrected chi connectivity index (χ3v) is 6.04. The number of nitro benzene ring substituents is 1. The third-order valence-electron chi connectivity index (χ3n) is 6.04. The smallest absolute Gasteiger partial charge is 0.273 e. The molecule has 2 aromatic carbocycles. The van der Waals surface area contributed by atoms with Gasteiger partial charge in [0.05, 0.1) is 16.8 Å². The third kappa shape index (κ3) is 3.93. The van der Waals surface area contributed by atoms with Crippen LogP contribution < -0.4 is 0 Å². The van der Waals surface area contributed by atoms with Crippen LogP contribution >= 0.6 is 0 Å². The number of imide groups is 1. The van der Waals surface area contributed by atoms with Gasteiger partial charge in [0.25, 0.3) is 23.4 Å². The average Bonchev–Trinajstić information content (AvgIpc) is 3.09. The molecule has 0 saturated carbocycles. The molecule has 3 atom stereocenters. The summed E-state index contributed by atoms with van der Waals surface area (Å²) >= 11 is 0. The Kier molecular flexibility index (Phi) is 5.87. The number of benzene rings is 2. The predicted molar refractivity (Wildman–Crippen MR) is 117 cm³/mol. The van der Waals surface area contributed by atoms with E-state index >= 15 is 0 Å². The molecule has 0 aromatic heterocycles. The van der Waals surface area contributed by atoms with Crippen molar-refractivity contribution in [2.45, 2.75) is 25.8 Å². The topological polar surface area (TPSA) is 118 Å². The molecule has 168 valence electrons. The van der Waals surface area contributed by atoms with E-state index in [-0.39, 0.29) is 11.3 Å². The van der Waals surface area contributed by atoms with Crippen molar-refractivity contribution in [3.05, 3.63) is 88.0 Å². The number of amides is 3. The molecule has 2 aliphatic rings. The van der Waals surface area contributed by atoms with Crippen LogP contribution in [0.15, 0.2) is 66.7 Å². The van der Waals surface area contributed by atoms with Crippen LogP contribution in [0.4, 0.5) is 5.69 Å². The standard InChI is InChI=1S/C24H21N3O6/c1-15(21(28)16-7-3-2-4-8-16)25(22(29)17-11-13-18(14-12-17)27(32)33)26-23(30)19-9-5-6-10-20(19)24(26)31/h2-8,11-15,19-20H,9-10H2,1H3/t15-,19-,20-/m1/s1. The molecular weight excluding hydrogens is 426 g/mol. The maximum Gasteiger partial charge on any atom is 0.273 e. The first kappa shape index (κ1) is 22.1. The van der Waals surface area contributed by atoms with Crippen LogP contribution in [0.5, 0.6) is 0 Å². The van der Waals surface area contributed by atoms with E-state index in [4.69, 9.17) is 0 Å². The van der Waals surface area contributed by atoms with Gasteiger partial charge in [-0.25, -0.2) is 5.01 Å². The first-order valence-corrected chi connectivity index (χ1v) is 10.5. The number of fused-ring (bicyclic) bond motifs is 1. The first-order chi connectivity index (χ1) is 15.8. The van der Waals surface area contributed by atoms with Crippen LogP contribution in [0.25, 0.3) is 0 Å². The van der Waals surface area contributed by atoms with Gasteiger partial charge in [-0.2, -0.15) is 5.01 Å². The van der Waals surface area contributed by atoms with Gasteiger partial charge in [-0.3, -0.25) is 29.3 Å². The molecule has 0 bridgehead atoms. The van der Waals surface area contributed by atoms with Crippen molar-refractivity contribution in [3.8, 4) is 0 Å². The molecule has 0 N–H and O–H groups in total. The second-order valence-electron chi connectivity index (χ2n) is 8.00. The fourth-order valence-corrected chi connectivity index (χ4v) is 4.25. The van der Waals surface area contributed by atoms with Gasteiger partial charge in [0.2, 0.25) is 0 Å². The van der Waals surface area contributed by atoms with Crippen molar-refractivity contribution in [1.29, 1.82) is 0 Å². The quantitative estimate of drug-likeness (QED) is 0.221. The minimum Gasteiger partial charge on any atom is -0.292 e. The lowest BCUT2D eigenvalue weighted by Gasteiger charge is -2.34. The van der Waals surface area contributed by atoms with Gasteiger partial charge in [0, 0.05) is 23.3 Å². The summed E-state index contributed by atoms with van der Waals surface area (Å²) in [5.41, 5.74) is 0.128. The molecule has 1 saturated heterocycles. The molecule has 0 radical (unpaired) electrons. The van der Waals surface area contributed by atoms with Gasteiger partial charge in [0.1, 0.15) is 6.04 Å². The molecule has 2 aromatic rings. The normalized spacial score (nSPS) is 20.3. The number of carbonyl (C=O) groups is 4. The molecular formula is C24H21N3O6. The number of carbonyl (C=O) groups excluding carboxylic acids is 4. The largest absolute Gasteiger partial charge is 0.292 e. The molecule has 0 spiro atoms. The van der Waals surface area contributed by atoms with Crippen molar-refractivity contribution in [2.24, 2.45) is 11.8 Å². The Hall–Kier alpha value is -4.14. The van der Waals surface area contributed by atoms with Crippen molar-refractivity contribution in [1.82, 2.24) is 10.0 Å². The number of hydrogen-bond acceptors (Lipinski definition) is 6. The van der Waals surface area contributed by atoms with Crippen LogP contribution in [0, 0.1) is 22.0 Å². The van der Waals surface area contributed by atoms with E-state index in [1.807, 2.05) is 12.2 Å². The number of Topliss-reactive ketones (excluding diaryl/α,β-unsaturated/α-hetero) is 1. The summed E-state index contributed by atoms with van der Waals surface area (Å²) < 4.78 is 0. The lowest BCUT2D eigenvalue weighted by Crippen LogP contribution is -2.56. The van der Waals surface area contributed by atoms with Gasteiger partial charge in [-0.15, -0.1) is 0 Å². The number of nitrogens with zero attached hydrogens (tertiary/aromatic N) is 3. The Balaban J connectivity index is 1.74. The highest BCUT2D eigenvalue weighted by molar-refractivity contribution is 6.10. The maximum absolute atomic E-state index is 13.5. The number of hydrazine groups is 1. The molecule has 9 heteroatoms. The number of nitro groups is 1. The summed E-state index contributed by atoms with van der Waals surface area (Å²) in [5.74, 6) is -3.45. The number of rotatable bonds is 6. The first-order valence-electron chi connectivity index (χ1n) is 10.5. The van der Waals surface area contributed by atoms with Crippen molar-refractivity contribution < 1.29 is 24.1 Å². The zero-order valence-electron chi connectivity index (χ0n) is 17.8. The van der Waals surface area contributed by atoms with E-state index < -0.39 is 46.3 Å². The van der Waals surface area contributed by atoms with Crippen molar-refractivity contribution in [2.75, 3.05) is 0 Å². The minimum absolute atomic E-state index is 0.0157. The molecule has 3 amide bonds. The number of ketones is 1. The molecule has 1 aliphatic heterocycles. The zero-order chi connectivity index (χ0) is 23.7. The van der Waals surface area contributed by atoms with Crippen LogP contribution in [-0.4, -0.2) is 44.5 Å². The van der Waals surface area contributed by atoms with Crippen molar-refractivity contribution in [3.63, 3.8) is 0 Å². The Labute approximate surface area is 189 Å². The number of hydrogen-bond donors (Lipinski definition) is 0. The fraction of sp³-hybridized carbons (Fsp3) is 0.250. The van der Waals surface area contributed by atoms with Crippen LogP contribution in [0.3, 0.4) is 0 Å². The summed E-state index contributed by atoms with van der Waals surface area (Å²) in [6.45, 7) is 1.46. The molecule has 1 aliphatic carbocycles. The summed E-state index contributed by atoms with van der Waals surface area (Å²) in [4.78, 5) is 63.5. The highest BCUT2D eigenvalue weighted by atomic mass is 16.6. The molecule has 33 heavy (non-hydrogen) atoms. The number of allylic oxidation sites excluding steroid dienone is 2. The van der Waals surface area contributed by atoms with Crippen molar-refractivity contribution >= 4 is 29.2 Å². The van der Waals surface area contributed by atoms with E-state index in [1.165, 1.54) is 19.1 Å². The zero-order valence-corrected chi connectivity index (χ0v) is 17.8. The summed E-state index contributed by atoms with van der Waals surface area (Å²) in [5, 5.41) is 12.7. The summed E-state index contributed by atoms with van der Waals surface area (Å²) in [7, 11) is 0. The van der Waals surface area contributed by atoms with Gasteiger partial charge in [-0.1, -0.05) is 42.5 Å². The van der Waals surface area contributed by atoms with Gasteiger partial charge in [-0.05, 0) is 31.9 Å². The van der Waals surface area contributed by atoms with Gasteiger partial charge in [0.15, 0.2) is 5.78 Å². The highest BCUT2D eigenvalue weighted by Crippen LogP contribution is 2.37. The fourth-order valence-electron chi connectivity index (χ4n) is 4.25. The lowest BCUT2D eigenvalue weighted by molar-refractivity contribution is -0.384. The van der Waals surface area contributed by atoms with E-state index in [2.05, 4.69) is 0 Å². The van der Waals surface area contributed by atoms with E-state index in [0.717, 1.165) is 22.2 Å².